The standard InChI is InChI=1S/C21H16N2O3.C21H18N2O/c24-23(25)19-14-17(21-22-18-8-4-5-9-20(18)26-21)13-12-16(19)11-10-15-6-2-1-3-7-15;22-18-14-17(21-23-19-8-4-5-9-20(19)24-21)13-12-16(18)11-10-15-6-2-1-3-7-15/h1-9,12-14H,10-11H2;1-9,12-14H,10-11,22H2. The van der Waals surface area contributed by atoms with Crippen molar-refractivity contribution in [1.29, 1.82) is 0 Å². The maximum atomic E-state index is 11.5. The molecule has 8 nitrogen and oxygen atoms in total. The minimum atomic E-state index is -0.341. The summed E-state index contributed by atoms with van der Waals surface area (Å²) in [5.41, 5.74) is 16.0. The highest BCUT2D eigenvalue weighted by molar-refractivity contribution is 5.77. The number of nitrogens with two attached hydrogens (primary N) is 1. The highest BCUT2D eigenvalue weighted by Gasteiger charge is 2.18. The van der Waals surface area contributed by atoms with Gasteiger partial charge in [0.05, 0.1) is 4.92 Å². The zero-order valence-corrected chi connectivity index (χ0v) is 27.2. The van der Waals surface area contributed by atoms with Crippen molar-refractivity contribution in [2.75, 3.05) is 5.73 Å². The molecule has 8 rings (SSSR count). The summed E-state index contributed by atoms with van der Waals surface area (Å²) < 4.78 is 11.5. The van der Waals surface area contributed by atoms with Gasteiger partial charge in [-0.3, -0.25) is 10.1 Å². The number of para-hydroxylation sites is 4. The van der Waals surface area contributed by atoms with Crippen LogP contribution < -0.4 is 5.73 Å². The van der Waals surface area contributed by atoms with Crippen molar-refractivity contribution in [2.45, 2.75) is 25.7 Å². The van der Waals surface area contributed by atoms with E-state index in [9.17, 15) is 10.1 Å². The molecule has 8 aromatic rings. The van der Waals surface area contributed by atoms with Gasteiger partial charge in [-0.1, -0.05) is 97.1 Å². The van der Waals surface area contributed by atoms with Crippen molar-refractivity contribution in [3.63, 3.8) is 0 Å². The first-order valence-corrected chi connectivity index (χ1v) is 16.5. The van der Waals surface area contributed by atoms with Crippen LogP contribution in [-0.4, -0.2) is 14.9 Å². The molecule has 0 fully saturated rings. The quantitative estimate of drug-likeness (QED) is 0.0930. The molecule has 0 aliphatic rings. The molecule has 8 heteroatoms. The van der Waals surface area contributed by atoms with Gasteiger partial charge in [0.1, 0.15) is 11.0 Å². The molecule has 0 radical (unpaired) electrons. The largest absolute Gasteiger partial charge is 0.436 e. The molecule has 0 atom stereocenters. The summed E-state index contributed by atoms with van der Waals surface area (Å²) in [6.45, 7) is 0. The summed E-state index contributed by atoms with van der Waals surface area (Å²) in [5, 5.41) is 11.5. The molecule has 0 bridgehead atoms. The second-order valence-corrected chi connectivity index (χ2v) is 12.0. The third-order valence-corrected chi connectivity index (χ3v) is 8.56. The third-order valence-electron chi connectivity index (χ3n) is 8.56. The lowest BCUT2D eigenvalue weighted by Gasteiger charge is -2.07. The van der Waals surface area contributed by atoms with Crippen molar-refractivity contribution in [2.24, 2.45) is 0 Å². The Hall–Kier alpha value is -6.54. The second-order valence-electron chi connectivity index (χ2n) is 12.0. The van der Waals surface area contributed by atoms with Crippen LogP contribution in [0.15, 0.2) is 154 Å². The summed E-state index contributed by atoms with van der Waals surface area (Å²) in [4.78, 5) is 20.1. The predicted molar refractivity (Wildman–Crippen MR) is 198 cm³/mol. The van der Waals surface area contributed by atoms with Crippen molar-refractivity contribution in [1.82, 2.24) is 9.97 Å². The lowest BCUT2D eigenvalue weighted by molar-refractivity contribution is -0.385. The molecule has 0 aliphatic heterocycles. The average Bonchev–Trinajstić information content (AvgIpc) is 3.80. The van der Waals surface area contributed by atoms with Crippen LogP contribution in [0.25, 0.3) is 45.1 Å². The minimum Gasteiger partial charge on any atom is -0.436 e. The topological polar surface area (TPSA) is 121 Å². The Balaban J connectivity index is 0.000000157. The Morgan fingerprint density at radius 1 is 0.540 bits per heavy atom. The molecule has 0 spiro atoms. The van der Waals surface area contributed by atoms with Crippen molar-refractivity contribution < 1.29 is 13.8 Å². The number of nitrogen functional groups attached to an aromatic ring is 1. The molecular weight excluding hydrogens is 624 g/mol. The Morgan fingerprint density at radius 3 is 1.50 bits per heavy atom. The number of anilines is 1. The fraction of sp³-hybridized carbons (Fsp3) is 0.0952. The van der Waals surface area contributed by atoms with Gasteiger partial charge in [-0.15, -0.1) is 0 Å². The van der Waals surface area contributed by atoms with Crippen LogP contribution in [0.2, 0.25) is 0 Å². The molecule has 0 unspecified atom stereocenters. The van der Waals surface area contributed by atoms with E-state index in [-0.39, 0.29) is 10.6 Å². The van der Waals surface area contributed by atoms with Crippen LogP contribution in [0.4, 0.5) is 11.4 Å². The van der Waals surface area contributed by atoms with Gasteiger partial charge in [0.25, 0.3) is 5.69 Å². The Bertz CT molecular complexity index is 2320. The van der Waals surface area contributed by atoms with E-state index in [1.165, 1.54) is 5.56 Å². The van der Waals surface area contributed by atoms with E-state index < -0.39 is 0 Å². The van der Waals surface area contributed by atoms with Gasteiger partial charge in [-0.25, -0.2) is 9.97 Å². The van der Waals surface area contributed by atoms with Gasteiger partial charge in [0.2, 0.25) is 11.8 Å². The summed E-state index contributed by atoms with van der Waals surface area (Å²) in [5.74, 6) is 1.00. The molecule has 2 N–H and O–H groups in total. The van der Waals surface area contributed by atoms with E-state index >= 15 is 0 Å². The minimum absolute atomic E-state index is 0.0979. The number of nitro groups is 1. The predicted octanol–water partition coefficient (Wildman–Crippen LogP) is 10.1. The summed E-state index contributed by atoms with van der Waals surface area (Å²) in [7, 11) is 0. The molecule has 246 valence electrons. The number of nitrogens with zero attached hydrogens (tertiary/aromatic N) is 3. The monoisotopic (exact) mass is 658 g/mol. The van der Waals surface area contributed by atoms with Crippen molar-refractivity contribution in [3.05, 3.63) is 178 Å². The molecule has 0 amide bonds. The molecular formula is C42H34N4O4. The van der Waals surface area contributed by atoms with Gasteiger partial charge in [0, 0.05) is 28.4 Å². The van der Waals surface area contributed by atoms with Crippen LogP contribution >= 0.6 is 0 Å². The van der Waals surface area contributed by atoms with E-state index in [1.807, 2.05) is 103 Å². The van der Waals surface area contributed by atoms with E-state index in [4.69, 9.17) is 14.6 Å². The van der Waals surface area contributed by atoms with E-state index in [1.54, 1.807) is 12.1 Å². The van der Waals surface area contributed by atoms with Gasteiger partial charge < -0.3 is 14.6 Å². The van der Waals surface area contributed by atoms with Crippen LogP contribution in [-0.2, 0) is 25.7 Å². The lowest BCUT2D eigenvalue weighted by atomic mass is 10.0. The lowest BCUT2D eigenvalue weighted by Crippen LogP contribution is -1.98. The third kappa shape index (κ3) is 7.45. The number of rotatable bonds is 9. The number of aromatic nitrogens is 2. The van der Waals surface area contributed by atoms with Crippen LogP contribution in [0, 0.1) is 10.1 Å². The smallest absolute Gasteiger partial charge is 0.273 e. The first kappa shape index (κ1) is 32.0. The first-order chi connectivity index (χ1) is 24.5. The number of hydrogen-bond acceptors (Lipinski definition) is 7. The molecule has 0 saturated heterocycles. The van der Waals surface area contributed by atoms with E-state index in [0.717, 1.165) is 58.3 Å². The zero-order chi connectivity index (χ0) is 34.3. The summed E-state index contributed by atoms with van der Waals surface area (Å²) in [6.07, 6.45) is 3.26. The SMILES string of the molecule is Nc1cc(-c2nc3ccccc3o2)ccc1CCc1ccccc1.O=[N+]([O-])c1cc(-c2nc3ccccc3o2)ccc1CCc1ccccc1. The normalized spacial score (nSPS) is 11.0. The molecule has 50 heavy (non-hydrogen) atoms. The van der Waals surface area contributed by atoms with Crippen molar-refractivity contribution >= 4 is 33.6 Å². The highest BCUT2D eigenvalue weighted by atomic mass is 16.6. The number of oxazole rings is 2. The van der Waals surface area contributed by atoms with Gasteiger partial charge in [-0.05, 0) is 84.8 Å². The Labute approximate surface area is 289 Å². The fourth-order valence-corrected chi connectivity index (χ4v) is 5.87. The molecule has 0 aliphatic carbocycles. The fourth-order valence-electron chi connectivity index (χ4n) is 5.87. The van der Waals surface area contributed by atoms with Crippen LogP contribution in [0.1, 0.15) is 22.3 Å². The average molecular weight is 659 g/mol. The maximum absolute atomic E-state index is 11.5. The Morgan fingerprint density at radius 2 is 1.00 bits per heavy atom. The van der Waals surface area contributed by atoms with Gasteiger partial charge in [0.15, 0.2) is 11.2 Å². The van der Waals surface area contributed by atoms with E-state index in [0.29, 0.717) is 34.9 Å². The molecule has 2 aromatic heterocycles. The number of nitro benzene ring substituents is 1. The van der Waals surface area contributed by atoms with Crippen molar-refractivity contribution in [3.8, 4) is 22.9 Å². The van der Waals surface area contributed by atoms with Gasteiger partial charge in [-0.2, -0.15) is 0 Å². The van der Waals surface area contributed by atoms with E-state index in [2.05, 4.69) is 40.3 Å². The maximum Gasteiger partial charge on any atom is 0.273 e. The van der Waals surface area contributed by atoms with Crippen LogP contribution in [0.5, 0.6) is 0 Å². The molecule has 2 heterocycles. The second kappa shape index (κ2) is 14.7. The molecule has 0 saturated carbocycles. The summed E-state index contributed by atoms with van der Waals surface area (Å²) >= 11 is 0. The zero-order valence-electron chi connectivity index (χ0n) is 27.2. The number of hydrogen-bond donors (Lipinski definition) is 1. The Kier molecular flexibility index (Phi) is 9.42. The number of benzene rings is 6. The first-order valence-electron chi connectivity index (χ1n) is 16.5. The summed E-state index contributed by atoms with van der Waals surface area (Å²) in [6, 6.07) is 46.8. The number of aryl methyl sites for hydroxylation is 4. The molecule has 6 aromatic carbocycles. The number of fused-ring (bicyclic) bond motifs is 2. The highest BCUT2D eigenvalue weighted by Crippen LogP contribution is 2.30. The van der Waals surface area contributed by atoms with Gasteiger partial charge >= 0.3 is 0 Å². The van der Waals surface area contributed by atoms with Crippen LogP contribution in [0.3, 0.4) is 0 Å².